The minimum atomic E-state index is -3.63. The molecule has 1 N–H and O–H groups in total. The third kappa shape index (κ3) is 4.77. The second-order valence-electron chi connectivity index (χ2n) is 5.62. The summed E-state index contributed by atoms with van der Waals surface area (Å²) in [5, 5.41) is 0.468. The molecule has 0 saturated carbocycles. The Morgan fingerprint density at radius 1 is 1.21 bits per heavy atom. The van der Waals surface area contributed by atoms with Gasteiger partial charge in [-0.1, -0.05) is 41.9 Å². The fraction of sp³-hybridized carbons (Fsp3) is 0.294. The van der Waals surface area contributed by atoms with Crippen LogP contribution < -0.4 is 4.72 Å². The Morgan fingerprint density at radius 3 is 2.54 bits per heavy atom. The number of hydrogen-bond acceptors (Lipinski definition) is 3. The highest BCUT2D eigenvalue weighted by atomic mass is 35.5. The molecule has 1 atom stereocenters. The van der Waals surface area contributed by atoms with Crippen LogP contribution in [0.4, 0.5) is 4.39 Å². The summed E-state index contributed by atoms with van der Waals surface area (Å²) in [7, 11) is -2.21. The predicted octanol–water partition coefficient (Wildman–Crippen LogP) is 3.46. The van der Waals surface area contributed by atoms with E-state index in [9.17, 15) is 12.8 Å². The van der Waals surface area contributed by atoms with Gasteiger partial charge in [-0.2, -0.15) is 0 Å². The lowest BCUT2D eigenvalue weighted by Gasteiger charge is -2.29. The second-order valence-corrected chi connectivity index (χ2v) is 7.87. The minimum absolute atomic E-state index is 0.0899. The van der Waals surface area contributed by atoms with Gasteiger partial charge >= 0.3 is 0 Å². The van der Waals surface area contributed by atoms with Crippen LogP contribution in [0.15, 0.2) is 48.5 Å². The van der Waals surface area contributed by atoms with E-state index in [1.807, 2.05) is 0 Å². The van der Waals surface area contributed by atoms with Crippen molar-refractivity contribution in [2.75, 3.05) is 13.7 Å². The van der Waals surface area contributed by atoms with Crippen LogP contribution in [0.2, 0.25) is 5.02 Å². The number of nitrogens with one attached hydrogen (secondary N) is 1. The zero-order chi connectivity index (χ0) is 17.8. The quantitative estimate of drug-likeness (QED) is 0.810. The molecule has 0 aliphatic heterocycles. The molecule has 0 amide bonds. The van der Waals surface area contributed by atoms with Crippen LogP contribution in [0, 0.1) is 5.82 Å². The average molecular weight is 372 g/mol. The van der Waals surface area contributed by atoms with Gasteiger partial charge in [0.25, 0.3) is 0 Å². The monoisotopic (exact) mass is 371 g/mol. The normalized spacial score (nSPS) is 14.3. The molecule has 4 nitrogen and oxygen atoms in total. The first-order valence-electron chi connectivity index (χ1n) is 7.28. The molecule has 24 heavy (non-hydrogen) atoms. The summed E-state index contributed by atoms with van der Waals surface area (Å²) in [6.45, 7) is 1.54. The first-order valence-corrected chi connectivity index (χ1v) is 9.31. The van der Waals surface area contributed by atoms with Gasteiger partial charge in [-0.05, 0) is 30.7 Å². The van der Waals surface area contributed by atoms with Crippen LogP contribution in [0.1, 0.15) is 18.1 Å². The van der Waals surface area contributed by atoms with Gasteiger partial charge in [0.05, 0.1) is 5.75 Å². The largest absolute Gasteiger partial charge is 0.372 e. The van der Waals surface area contributed by atoms with Crippen LogP contribution in [0.25, 0.3) is 0 Å². The van der Waals surface area contributed by atoms with E-state index >= 15 is 0 Å². The molecular formula is C17H19ClFNO3S. The Kier molecular flexibility index (Phi) is 5.98. The van der Waals surface area contributed by atoms with Gasteiger partial charge in [0.2, 0.25) is 10.0 Å². The predicted molar refractivity (Wildman–Crippen MR) is 92.8 cm³/mol. The second kappa shape index (κ2) is 7.61. The van der Waals surface area contributed by atoms with E-state index in [0.29, 0.717) is 10.6 Å². The van der Waals surface area contributed by atoms with E-state index in [0.717, 1.165) is 0 Å². The van der Waals surface area contributed by atoms with Crippen molar-refractivity contribution in [1.82, 2.24) is 4.72 Å². The first kappa shape index (κ1) is 18.9. The third-order valence-electron chi connectivity index (χ3n) is 3.77. The Hall–Kier alpha value is -1.47. The van der Waals surface area contributed by atoms with Gasteiger partial charge in [-0.25, -0.2) is 17.5 Å². The third-order valence-corrected chi connectivity index (χ3v) is 5.30. The highest BCUT2D eigenvalue weighted by Gasteiger charge is 2.30. The summed E-state index contributed by atoms with van der Waals surface area (Å²) in [5.74, 6) is -0.666. The van der Waals surface area contributed by atoms with Crippen molar-refractivity contribution < 1.29 is 17.5 Å². The Morgan fingerprint density at radius 2 is 1.92 bits per heavy atom. The molecule has 130 valence electrons. The maximum absolute atomic E-state index is 14.0. The van der Waals surface area contributed by atoms with E-state index in [1.54, 1.807) is 49.4 Å². The van der Waals surface area contributed by atoms with Gasteiger partial charge < -0.3 is 4.74 Å². The van der Waals surface area contributed by atoms with Crippen LogP contribution in [-0.4, -0.2) is 22.1 Å². The number of hydrogen-bond donors (Lipinski definition) is 1. The summed E-state index contributed by atoms with van der Waals surface area (Å²) in [6, 6.07) is 12.8. The lowest BCUT2D eigenvalue weighted by Crippen LogP contribution is -2.41. The zero-order valence-corrected chi connectivity index (χ0v) is 15.0. The van der Waals surface area contributed by atoms with Gasteiger partial charge in [-0.15, -0.1) is 0 Å². The smallest absolute Gasteiger partial charge is 0.215 e. The number of halogens is 2. The van der Waals surface area contributed by atoms with Crippen molar-refractivity contribution in [3.05, 3.63) is 70.5 Å². The van der Waals surface area contributed by atoms with Crippen molar-refractivity contribution in [3.63, 3.8) is 0 Å². The van der Waals surface area contributed by atoms with Gasteiger partial charge in [0.1, 0.15) is 11.4 Å². The maximum atomic E-state index is 14.0. The van der Waals surface area contributed by atoms with Crippen LogP contribution >= 0.6 is 11.6 Å². The number of methoxy groups -OCH3 is 1. The fourth-order valence-electron chi connectivity index (χ4n) is 2.31. The average Bonchev–Trinajstić information content (AvgIpc) is 2.53. The first-order chi connectivity index (χ1) is 11.3. The Labute approximate surface area is 146 Å². The number of benzene rings is 2. The number of rotatable bonds is 7. The summed E-state index contributed by atoms with van der Waals surface area (Å²) in [4.78, 5) is 0. The molecule has 0 bridgehead atoms. The van der Waals surface area contributed by atoms with Crippen molar-refractivity contribution in [3.8, 4) is 0 Å². The van der Waals surface area contributed by atoms with E-state index in [1.165, 1.54) is 13.2 Å². The van der Waals surface area contributed by atoms with E-state index in [2.05, 4.69) is 4.72 Å². The molecular weight excluding hydrogens is 353 g/mol. The standard InChI is InChI=1S/C17H19ClFNO3S/c1-17(23-2,15-8-3-4-9-16(15)19)12-20-24(21,22)11-13-6-5-7-14(18)10-13/h3-10,20H,11-12H2,1-2H3. The Balaban J connectivity index is 2.13. The van der Waals surface area contributed by atoms with Crippen molar-refractivity contribution >= 4 is 21.6 Å². The van der Waals surface area contributed by atoms with Crippen molar-refractivity contribution in [2.45, 2.75) is 18.3 Å². The molecule has 0 spiro atoms. The highest BCUT2D eigenvalue weighted by molar-refractivity contribution is 7.88. The molecule has 0 aliphatic carbocycles. The summed E-state index contributed by atoms with van der Waals surface area (Å²) in [5.41, 5.74) is -0.259. The molecule has 2 rings (SSSR count). The fourth-order valence-corrected chi connectivity index (χ4v) is 3.74. The topological polar surface area (TPSA) is 55.4 Å². The van der Waals surface area contributed by atoms with Gasteiger partial charge in [0, 0.05) is 24.2 Å². The Bertz CT molecular complexity index is 813. The molecule has 0 fully saturated rings. The molecule has 2 aromatic rings. The SMILES string of the molecule is COC(C)(CNS(=O)(=O)Cc1cccc(Cl)c1)c1ccccc1F. The van der Waals surface area contributed by atoms with Crippen LogP contribution in [0.5, 0.6) is 0 Å². The van der Waals surface area contributed by atoms with Gasteiger partial charge in [0.15, 0.2) is 0 Å². The summed E-state index contributed by atoms with van der Waals surface area (Å²) >= 11 is 5.87. The lowest BCUT2D eigenvalue weighted by atomic mass is 9.95. The van der Waals surface area contributed by atoms with E-state index in [4.69, 9.17) is 16.3 Å². The molecule has 7 heteroatoms. The molecule has 0 saturated heterocycles. The molecule has 1 unspecified atom stereocenters. The lowest BCUT2D eigenvalue weighted by molar-refractivity contribution is 0.00409. The molecule has 0 aliphatic rings. The molecule has 2 aromatic carbocycles. The van der Waals surface area contributed by atoms with E-state index < -0.39 is 21.4 Å². The van der Waals surface area contributed by atoms with Crippen LogP contribution in [-0.2, 0) is 26.1 Å². The van der Waals surface area contributed by atoms with Crippen molar-refractivity contribution in [2.24, 2.45) is 0 Å². The highest BCUT2D eigenvalue weighted by Crippen LogP contribution is 2.26. The maximum Gasteiger partial charge on any atom is 0.215 e. The molecule has 0 aromatic heterocycles. The summed E-state index contributed by atoms with van der Waals surface area (Å²) < 4.78 is 46.4. The summed E-state index contributed by atoms with van der Waals surface area (Å²) in [6.07, 6.45) is 0. The molecule has 0 heterocycles. The van der Waals surface area contributed by atoms with E-state index in [-0.39, 0.29) is 17.9 Å². The number of sulfonamides is 1. The van der Waals surface area contributed by atoms with Crippen LogP contribution in [0.3, 0.4) is 0 Å². The zero-order valence-electron chi connectivity index (χ0n) is 13.4. The molecule has 0 radical (unpaired) electrons. The minimum Gasteiger partial charge on any atom is -0.372 e. The van der Waals surface area contributed by atoms with Crippen molar-refractivity contribution in [1.29, 1.82) is 0 Å². The number of ether oxygens (including phenoxy) is 1. The van der Waals surface area contributed by atoms with Gasteiger partial charge in [-0.3, -0.25) is 0 Å².